The maximum Gasteiger partial charge on any atom is 0.433 e. The quantitative estimate of drug-likeness (QED) is 0.864. The number of aromatic nitrogens is 2. The minimum Gasteiger partial charge on any atom is -0.351 e. The van der Waals surface area contributed by atoms with Crippen LogP contribution in [0.25, 0.3) is 0 Å². The lowest BCUT2D eigenvalue weighted by Gasteiger charge is -2.32. The zero-order chi connectivity index (χ0) is 17.1. The van der Waals surface area contributed by atoms with Crippen molar-refractivity contribution >= 4 is 15.8 Å². The predicted molar refractivity (Wildman–Crippen MR) is 79.8 cm³/mol. The fourth-order valence-corrected chi connectivity index (χ4v) is 2.95. The molecule has 1 aromatic rings. The first-order chi connectivity index (χ1) is 10.6. The van der Waals surface area contributed by atoms with E-state index >= 15 is 0 Å². The van der Waals surface area contributed by atoms with E-state index in [2.05, 4.69) is 15.3 Å². The van der Waals surface area contributed by atoms with Crippen LogP contribution in [0.5, 0.6) is 0 Å². The van der Waals surface area contributed by atoms with Crippen molar-refractivity contribution in [3.8, 4) is 0 Å². The van der Waals surface area contributed by atoms with Crippen LogP contribution in [0.2, 0.25) is 0 Å². The molecule has 1 fully saturated rings. The van der Waals surface area contributed by atoms with E-state index in [1.807, 2.05) is 4.90 Å². The van der Waals surface area contributed by atoms with E-state index in [-0.39, 0.29) is 17.7 Å². The number of hydrogen-bond acceptors (Lipinski definition) is 6. The number of halogens is 3. The maximum absolute atomic E-state index is 12.6. The van der Waals surface area contributed by atoms with Crippen molar-refractivity contribution in [2.24, 2.45) is 0 Å². The second kappa shape index (κ2) is 7.00. The highest BCUT2D eigenvalue weighted by molar-refractivity contribution is 7.90. The van der Waals surface area contributed by atoms with Crippen LogP contribution in [0.3, 0.4) is 0 Å². The van der Waals surface area contributed by atoms with Crippen molar-refractivity contribution in [1.29, 1.82) is 0 Å². The first-order valence-electron chi connectivity index (χ1n) is 7.20. The van der Waals surface area contributed by atoms with Crippen molar-refractivity contribution in [2.75, 3.05) is 37.0 Å². The summed E-state index contributed by atoms with van der Waals surface area (Å²) in [4.78, 5) is 9.34. The Bertz CT molecular complexity index is 628. The van der Waals surface area contributed by atoms with Gasteiger partial charge in [-0.05, 0) is 18.9 Å². The monoisotopic (exact) mass is 352 g/mol. The Morgan fingerprint density at radius 3 is 2.57 bits per heavy atom. The topological polar surface area (TPSA) is 75.2 Å². The predicted octanol–water partition coefficient (Wildman–Crippen LogP) is 1.42. The van der Waals surface area contributed by atoms with Crippen LogP contribution in [0.1, 0.15) is 18.5 Å². The summed E-state index contributed by atoms with van der Waals surface area (Å²) in [6.07, 6.45) is -0.813. The Labute approximate surface area is 133 Å². The number of likely N-dealkylation sites (tertiary alicyclic amines) is 1. The van der Waals surface area contributed by atoms with E-state index in [9.17, 15) is 21.6 Å². The van der Waals surface area contributed by atoms with E-state index in [4.69, 9.17) is 0 Å². The van der Waals surface area contributed by atoms with Crippen LogP contribution in [0.15, 0.2) is 12.3 Å². The van der Waals surface area contributed by atoms with Gasteiger partial charge in [-0.3, -0.25) is 0 Å². The second-order valence-electron chi connectivity index (χ2n) is 5.65. The molecule has 0 radical (unpaired) electrons. The molecule has 1 aliphatic heterocycles. The zero-order valence-electron chi connectivity index (χ0n) is 12.7. The molecule has 0 unspecified atom stereocenters. The fraction of sp³-hybridized carbons (Fsp3) is 0.692. The fourth-order valence-electron chi connectivity index (χ4n) is 2.36. The molecule has 1 saturated heterocycles. The molecule has 0 amide bonds. The molecular formula is C13H19F3N4O2S. The van der Waals surface area contributed by atoms with Gasteiger partial charge in [-0.1, -0.05) is 0 Å². The molecular weight excluding hydrogens is 333 g/mol. The summed E-state index contributed by atoms with van der Waals surface area (Å²) >= 11 is 0. The Kier molecular flexibility index (Phi) is 5.45. The van der Waals surface area contributed by atoms with Crippen LogP contribution < -0.4 is 5.32 Å². The van der Waals surface area contributed by atoms with Gasteiger partial charge in [-0.2, -0.15) is 13.2 Å². The van der Waals surface area contributed by atoms with Gasteiger partial charge in [0, 0.05) is 38.1 Å². The number of rotatable bonds is 5. The highest BCUT2D eigenvalue weighted by Crippen LogP contribution is 2.27. The number of sulfone groups is 1. The van der Waals surface area contributed by atoms with Crippen LogP contribution in [0, 0.1) is 0 Å². The molecule has 1 aliphatic rings. The third-order valence-corrected chi connectivity index (χ3v) is 4.57. The first kappa shape index (κ1) is 17.9. The molecule has 1 aromatic heterocycles. The summed E-state index contributed by atoms with van der Waals surface area (Å²) in [6, 6.07) is 0.812. The molecule has 0 atom stereocenters. The van der Waals surface area contributed by atoms with Crippen molar-refractivity contribution in [3.63, 3.8) is 0 Å². The Balaban J connectivity index is 1.85. The van der Waals surface area contributed by atoms with Gasteiger partial charge in [-0.25, -0.2) is 18.4 Å². The molecule has 10 heteroatoms. The third kappa shape index (κ3) is 5.94. The van der Waals surface area contributed by atoms with E-state index in [0.717, 1.165) is 12.3 Å². The maximum atomic E-state index is 12.6. The van der Waals surface area contributed by atoms with Gasteiger partial charge in [0.15, 0.2) is 0 Å². The smallest absolute Gasteiger partial charge is 0.351 e. The second-order valence-corrected chi connectivity index (χ2v) is 7.91. The van der Waals surface area contributed by atoms with Crippen molar-refractivity contribution in [3.05, 3.63) is 18.0 Å². The van der Waals surface area contributed by atoms with Crippen LogP contribution in [0.4, 0.5) is 19.1 Å². The molecule has 0 aromatic carbocycles. The normalized spacial score (nSPS) is 18.1. The van der Waals surface area contributed by atoms with E-state index < -0.39 is 21.7 Å². The minimum atomic E-state index is -4.49. The number of hydrogen-bond donors (Lipinski definition) is 1. The molecule has 0 spiro atoms. The van der Waals surface area contributed by atoms with Gasteiger partial charge in [-0.15, -0.1) is 0 Å². The summed E-state index contributed by atoms with van der Waals surface area (Å²) in [7, 11) is -2.99. The number of alkyl halides is 3. The summed E-state index contributed by atoms with van der Waals surface area (Å²) in [6.45, 7) is 1.85. The summed E-state index contributed by atoms with van der Waals surface area (Å²) < 4.78 is 60.1. The molecule has 0 bridgehead atoms. The van der Waals surface area contributed by atoms with Crippen molar-refractivity contribution in [2.45, 2.75) is 25.1 Å². The largest absolute Gasteiger partial charge is 0.433 e. The first-order valence-corrected chi connectivity index (χ1v) is 9.26. The van der Waals surface area contributed by atoms with Crippen LogP contribution in [-0.4, -0.2) is 61.0 Å². The van der Waals surface area contributed by atoms with Gasteiger partial charge in [0.25, 0.3) is 0 Å². The standard InChI is InChI=1S/C13H19F3N4O2S/c1-23(21,22)9-8-20-6-3-10(4-7-20)18-12-17-5-2-11(19-12)13(14,15)16/h2,5,10H,3-4,6-9H2,1H3,(H,17,18,19). The van der Waals surface area contributed by atoms with Crippen LogP contribution >= 0.6 is 0 Å². The summed E-state index contributed by atoms with van der Waals surface area (Å²) in [5.74, 6) is 0.0800. The number of anilines is 1. The van der Waals surface area contributed by atoms with Gasteiger partial charge >= 0.3 is 6.18 Å². The van der Waals surface area contributed by atoms with E-state index in [1.165, 1.54) is 6.26 Å². The minimum absolute atomic E-state index is 0.0204. The van der Waals surface area contributed by atoms with Gasteiger partial charge < -0.3 is 10.2 Å². The summed E-state index contributed by atoms with van der Waals surface area (Å²) in [5, 5.41) is 2.92. The molecule has 130 valence electrons. The molecule has 2 rings (SSSR count). The third-order valence-electron chi connectivity index (χ3n) is 3.65. The number of nitrogens with zero attached hydrogens (tertiary/aromatic N) is 3. The molecule has 6 nitrogen and oxygen atoms in total. The average molecular weight is 352 g/mol. The number of nitrogens with one attached hydrogen (secondary N) is 1. The van der Waals surface area contributed by atoms with Crippen molar-refractivity contribution < 1.29 is 21.6 Å². The van der Waals surface area contributed by atoms with E-state index in [0.29, 0.717) is 32.5 Å². The lowest BCUT2D eigenvalue weighted by atomic mass is 10.1. The van der Waals surface area contributed by atoms with Crippen molar-refractivity contribution in [1.82, 2.24) is 14.9 Å². The average Bonchev–Trinajstić information content (AvgIpc) is 2.45. The van der Waals surface area contributed by atoms with Gasteiger partial charge in [0.05, 0.1) is 5.75 Å². The molecule has 23 heavy (non-hydrogen) atoms. The van der Waals surface area contributed by atoms with E-state index in [1.54, 1.807) is 0 Å². The summed E-state index contributed by atoms with van der Waals surface area (Å²) in [5.41, 5.74) is -0.972. The zero-order valence-corrected chi connectivity index (χ0v) is 13.5. The van der Waals surface area contributed by atoms with Crippen LogP contribution in [-0.2, 0) is 16.0 Å². The lowest BCUT2D eigenvalue weighted by Crippen LogP contribution is -2.41. The Hall–Kier alpha value is -1.42. The van der Waals surface area contributed by atoms with Gasteiger partial charge in [0.1, 0.15) is 15.5 Å². The lowest BCUT2D eigenvalue weighted by molar-refractivity contribution is -0.141. The number of piperidine rings is 1. The van der Waals surface area contributed by atoms with Gasteiger partial charge in [0.2, 0.25) is 5.95 Å². The molecule has 0 saturated carbocycles. The Morgan fingerprint density at radius 2 is 2.00 bits per heavy atom. The highest BCUT2D eigenvalue weighted by atomic mass is 32.2. The SMILES string of the molecule is CS(=O)(=O)CCN1CCC(Nc2nccc(C(F)(F)F)n2)CC1. The molecule has 1 N–H and O–H groups in total. The molecule has 0 aliphatic carbocycles. The molecule has 2 heterocycles. The Morgan fingerprint density at radius 1 is 1.35 bits per heavy atom. The highest BCUT2D eigenvalue weighted by Gasteiger charge is 2.33.